The standard InChI is InChI=1S/C21H30N2O6/c1-6-12-28-20(27)22-16(13-15-10-8-7-9-11-15)18(25)23-17(14(2)24)19(26)29-21(3,4)5/h6-11,14,16-17,24H,1,12-13H2,2-5H3,(H,22,27)(H,23,25)/t14-,16+,17+/m1/s1. The van der Waals surface area contributed by atoms with Gasteiger partial charge in [-0.25, -0.2) is 9.59 Å². The lowest BCUT2D eigenvalue weighted by Gasteiger charge is -2.27. The molecule has 2 amide bonds. The average Bonchev–Trinajstić information content (AvgIpc) is 2.62. The van der Waals surface area contributed by atoms with Crippen LogP contribution in [0, 0.1) is 0 Å². The maximum absolute atomic E-state index is 12.8. The van der Waals surface area contributed by atoms with Crippen LogP contribution in [0.5, 0.6) is 0 Å². The lowest BCUT2D eigenvalue weighted by atomic mass is 10.0. The zero-order chi connectivity index (χ0) is 22.0. The number of aliphatic hydroxyl groups excluding tert-OH is 1. The summed E-state index contributed by atoms with van der Waals surface area (Å²) in [5.74, 6) is -1.42. The average molecular weight is 406 g/mol. The summed E-state index contributed by atoms with van der Waals surface area (Å²) in [6.07, 6.45) is -0.431. The van der Waals surface area contributed by atoms with E-state index in [1.165, 1.54) is 13.0 Å². The molecule has 0 radical (unpaired) electrons. The molecule has 29 heavy (non-hydrogen) atoms. The van der Waals surface area contributed by atoms with Gasteiger partial charge in [-0.2, -0.15) is 0 Å². The van der Waals surface area contributed by atoms with Crippen molar-refractivity contribution in [2.45, 2.75) is 57.9 Å². The van der Waals surface area contributed by atoms with Crippen LogP contribution >= 0.6 is 0 Å². The van der Waals surface area contributed by atoms with E-state index in [1.54, 1.807) is 45.0 Å². The van der Waals surface area contributed by atoms with E-state index in [4.69, 9.17) is 9.47 Å². The third-order valence-corrected chi connectivity index (χ3v) is 3.66. The maximum atomic E-state index is 12.8. The number of hydrogen-bond acceptors (Lipinski definition) is 6. The van der Waals surface area contributed by atoms with Crippen molar-refractivity contribution in [3.8, 4) is 0 Å². The monoisotopic (exact) mass is 406 g/mol. The van der Waals surface area contributed by atoms with Gasteiger partial charge in [-0.05, 0) is 33.3 Å². The fourth-order valence-electron chi connectivity index (χ4n) is 2.37. The highest BCUT2D eigenvalue weighted by molar-refractivity contribution is 5.90. The van der Waals surface area contributed by atoms with Crippen molar-refractivity contribution < 1.29 is 29.0 Å². The predicted molar refractivity (Wildman–Crippen MR) is 108 cm³/mol. The Labute approximate surface area is 171 Å². The normalized spacial score (nSPS) is 14.1. The summed E-state index contributed by atoms with van der Waals surface area (Å²) in [6.45, 7) is 9.86. The number of amides is 2. The van der Waals surface area contributed by atoms with Crippen molar-refractivity contribution in [2.75, 3.05) is 6.61 Å². The fraction of sp³-hybridized carbons (Fsp3) is 0.476. The number of hydrogen-bond donors (Lipinski definition) is 3. The third-order valence-electron chi connectivity index (χ3n) is 3.66. The highest BCUT2D eigenvalue weighted by atomic mass is 16.6. The van der Waals surface area contributed by atoms with E-state index in [2.05, 4.69) is 17.2 Å². The zero-order valence-electron chi connectivity index (χ0n) is 17.3. The SMILES string of the molecule is C=CCOC(=O)N[C@@H](Cc1ccccc1)C(=O)N[C@H](C(=O)OC(C)(C)C)[C@@H](C)O. The van der Waals surface area contributed by atoms with Crippen molar-refractivity contribution in [1.29, 1.82) is 0 Å². The number of carbonyl (C=O) groups excluding carboxylic acids is 3. The van der Waals surface area contributed by atoms with Gasteiger partial charge in [-0.15, -0.1) is 0 Å². The van der Waals surface area contributed by atoms with Crippen LogP contribution in [0.2, 0.25) is 0 Å². The van der Waals surface area contributed by atoms with Gasteiger partial charge in [0.15, 0.2) is 6.04 Å². The minimum atomic E-state index is -1.29. The van der Waals surface area contributed by atoms with Crippen molar-refractivity contribution in [3.05, 3.63) is 48.6 Å². The first-order valence-corrected chi connectivity index (χ1v) is 9.33. The van der Waals surface area contributed by atoms with Crippen LogP contribution in [0.15, 0.2) is 43.0 Å². The summed E-state index contributed by atoms with van der Waals surface area (Å²) < 4.78 is 10.1. The predicted octanol–water partition coefficient (Wildman–Crippen LogP) is 1.72. The topological polar surface area (TPSA) is 114 Å². The van der Waals surface area contributed by atoms with Gasteiger partial charge < -0.3 is 25.2 Å². The van der Waals surface area contributed by atoms with E-state index >= 15 is 0 Å². The highest BCUT2D eigenvalue weighted by Crippen LogP contribution is 2.11. The molecular formula is C21H30N2O6. The van der Waals surface area contributed by atoms with Crippen LogP contribution in [-0.4, -0.2) is 53.5 Å². The van der Waals surface area contributed by atoms with Gasteiger partial charge in [0.1, 0.15) is 18.2 Å². The molecule has 3 atom stereocenters. The molecule has 160 valence electrons. The van der Waals surface area contributed by atoms with Crippen LogP contribution in [0.4, 0.5) is 4.79 Å². The van der Waals surface area contributed by atoms with E-state index in [0.717, 1.165) is 5.56 Å². The number of rotatable bonds is 9. The number of benzene rings is 1. The van der Waals surface area contributed by atoms with Gasteiger partial charge in [0.25, 0.3) is 0 Å². The molecule has 0 saturated heterocycles. The van der Waals surface area contributed by atoms with E-state index in [1.807, 2.05) is 6.07 Å². The molecule has 0 fully saturated rings. The molecule has 0 saturated carbocycles. The van der Waals surface area contributed by atoms with E-state index in [9.17, 15) is 19.5 Å². The smallest absolute Gasteiger partial charge is 0.408 e. The van der Waals surface area contributed by atoms with E-state index < -0.39 is 41.8 Å². The van der Waals surface area contributed by atoms with Gasteiger partial charge in [0.2, 0.25) is 5.91 Å². The van der Waals surface area contributed by atoms with Crippen LogP contribution in [0.3, 0.4) is 0 Å². The molecule has 0 aromatic heterocycles. The summed E-state index contributed by atoms with van der Waals surface area (Å²) in [6, 6.07) is 6.73. The highest BCUT2D eigenvalue weighted by Gasteiger charge is 2.33. The zero-order valence-corrected chi connectivity index (χ0v) is 17.3. The molecule has 0 bridgehead atoms. The number of esters is 1. The Balaban J connectivity index is 2.95. The Hall–Kier alpha value is -2.87. The summed E-state index contributed by atoms with van der Waals surface area (Å²) in [5, 5.41) is 14.9. The largest absolute Gasteiger partial charge is 0.458 e. The molecule has 0 unspecified atom stereocenters. The van der Waals surface area contributed by atoms with Crippen molar-refractivity contribution in [1.82, 2.24) is 10.6 Å². The molecule has 0 spiro atoms. The fourth-order valence-corrected chi connectivity index (χ4v) is 2.37. The van der Waals surface area contributed by atoms with Gasteiger partial charge in [0.05, 0.1) is 6.10 Å². The lowest BCUT2D eigenvalue weighted by Crippen LogP contribution is -2.56. The Bertz CT molecular complexity index is 697. The van der Waals surface area contributed by atoms with Crippen LogP contribution in [-0.2, 0) is 25.5 Å². The van der Waals surface area contributed by atoms with Crippen molar-refractivity contribution >= 4 is 18.0 Å². The number of carbonyl (C=O) groups is 3. The number of aliphatic hydroxyl groups is 1. The van der Waals surface area contributed by atoms with Gasteiger partial charge in [0, 0.05) is 6.42 Å². The molecule has 8 nitrogen and oxygen atoms in total. The lowest BCUT2D eigenvalue weighted by molar-refractivity contribution is -0.161. The molecule has 0 aliphatic rings. The number of nitrogens with one attached hydrogen (secondary N) is 2. The first-order chi connectivity index (χ1) is 13.5. The molecule has 8 heteroatoms. The van der Waals surface area contributed by atoms with Gasteiger partial charge >= 0.3 is 12.1 Å². The Morgan fingerprint density at radius 2 is 1.79 bits per heavy atom. The van der Waals surface area contributed by atoms with Crippen LogP contribution < -0.4 is 10.6 Å². The summed E-state index contributed by atoms with van der Waals surface area (Å²) in [7, 11) is 0. The van der Waals surface area contributed by atoms with Crippen molar-refractivity contribution in [2.24, 2.45) is 0 Å². The second-order valence-electron chi connectivity index (χ2n) is 7.53. The molecule has 3 N–H and O–H groups in total. The second-order valence-corrected chi connectivity index (χ2v) is 7.53. The Morgan fingerprint density at radius 3 is 2.31 bits per heavy atom. The number of ether oxygens (including phenoxy) is 2. The Morgan fingerprint density at radius 1 is 1.17 bits per heavy atom. The molecule has 0 aliphatic carbocycles. The Kier molecular flexibility index (Phi) is 9.34. The van der Waals surface area contributed by atoms with Crippen LogP contribution in [0.1, 0.15) is 33.3 Å². The molecule has 1 rings (SSSR count). The van der Waals surface area contributed by atoms with Gasteiger partial charge in [-0.3, -0.25) is 4.79 Å². The molecule has 1 aromatic carbocycles. The minimum absolute atomic E-state index is 0.0142. The summed E-state index contributed by atoms with van der Waals surface area (Å²) in [4.78, 5) is 37.1. The van der Waals surface area contributed by atoms with Crippen LogP contribution in [0.25, 0.3) is 0 Å². The first kappa shape index (κ1) is 24.2. The van der Waals surface area contributed by atoms with Crippen molar-refractivity contribution in [3.63, 3.8) is 0 Å². The second kappa shape index (κ2) is 11.2. The van der Waals surface area contributed by atoms with Gasteiger partial charge in [-0.1, -0.05) is 43.0 Å². The quantitative estimate of drug-likeness (QED) is 0.425. The van der Waals surface area contributed by atoms with E-state index in [0.29, 0.717) is 0 Å². The summed E-state index contributed by atoms with van der Waals surface area (Å²) in [5.41, 5.74) is 0.00744. The number of alkyl carbamates (subject to hydrolysis) is 1. The minimum Gasteiger partial charge on any atom is -0.458 e. The van der Waals surface area contributed by atoms with E-state index in [-0.39, 0.29) is 13.0 Å². The molecule has 1 aromatic rings. The molecular weight excluding hydrogens is 376 g/mol. The summed E-state index contributed by atoms with van der Waals surface area (Å²) >= 11 is 0. The molecule has 0 heterocycles. The first-order valence-electron chi connectivity index (χ1n) is 9.33. The third kappa shape index (κ3) is 9.25. The molecule has 0 aliphatic heterocycles. The maximum Gasteiger partial charge on any atom is 0.408 e.